The van der Waals surface area contributed by atoms with E-state index in [1.807, 2.05) is 34.6 Å². The third-order valence-electron chi connectivity index (χ3n) is 5.22. The van der Waals surface area contributed by atoms with E-state index in [1.54, 1.807) is 0 Å². The van der Waals surface area contributed by atoms with E-state index in [1.165, 1.54) is 0 Å². The highest BCUT2D eigenvalue weighted by atomic mass is 31.1. The second-order valence-electron chi connectivity index (χ2n) is 7.31. The van der Waals surface area contributed by atoms with Crippen LogP contribution in [-0.2, 0) is 18.6 Å². The Morgan fingerprint density at radius 3 is 2.39 bits per heavy atom. The summed E-state index contributed by atoms with van der Waals surface area (Å²) in [4.78, 5) is 0. The van der Waals surface area contributed by atoms with Crippen molar-refractivity contribution in [3.63, 3.8) is 0 Å². The molecule has 2 aliphatic rings. The molecule has 2 rings (SSSR count). The van der Waals surface area contributed by atoms with Crippen molar-refractivity contribution in [1.29, 1.82) is 0 Å². The van der Waals surface area contributed by atoms with Crippen LogP contribution in [0.1, 0.15) is 41.0 Å². The summed E-state index contributed by atoms with van der Waals surface area (Å²) in [6, 6.07) is -0.377. The summed E-state index contributed by atoms with van der Waals surface area (Å²) >= 11 is 0. The van der Waals surface area contributed by atoms with Crippen LogP contribution in [0.25, 0.3) is 0 Å². The number of ether oxygens (including phenoxy) is 2. The van der Waals surface area contributed by atoms with Crippen LogP contribution < -0.4 is 0 Å². The van der Waals surface area contributed by atoms with Crippen molar-refractivity contribution in [2.45, 2.75) is 77.6 Å². The van der Waals surface area contributed by atoms with Gasteiger partial charge in [-0.05, 0) is 17.4 Å². The molecule has 0 aromatic heterocycles. The first-order valence-corrected chi connectivity index (χ1v) is 9.94. The molecule has 0 spiro atoms. The molecule has 2 heterocycles. The lowest BCUT2D eigenvalue weighted by Crippen LogP contribution is -2.31. The zero-order valence-corrected chi connectivity index (χ0v) is 15.6. The largest absolute Gasteiger partial charge is 0.508 e. The standard InChI is InChI=1S/C16H29BO5P/c1-8(2)14-15(10(4)16(17)21-14)22-23(19)7-6-12-13(18)9(3)11(5)20-12/h8-16,18H,6-7H2,1-5H3/q+1/t9?,10?,11-,12+,13+,14+,15+,16+/m0/s1. The van der Waals surface area contributed by atoms with Crippen LogP contribution >= 0.6 is 8.03 Å². The molecule has 0 bridgehead atoms. The van der Waals surface area contributed by atoms with E-state index in [0.717, 1.165) is 0 Å². The summed E-state index contributed by atoms with van der Waals surface area (Å²) in [6.45, 7) is 9.98. The van der Waals surface area contributed by atoms with Gasteiger partial charge >= 0.3 is 8.03 Å². The average Bonchev–Trinajstić information content (AvgIpc) is 2.90. The summed E-state index contributed by atoms with van der Waals surface area (Å²) in [5.41, 5.74) is 0. The van der Waals surface area contributed by atoms with Crippen LogP contribution in [0, 0.1) is 17.8 Å². The molecule has 23 heavy (non-hydrogen) atoms. The van der Waals surface area contributed by atoms with E-state index in [4.69, 9.17) is 21.8 Å². The molecule has 0 aromatic rings. The first kappa shape index (κ1) is 19.3. The lowest BCUT2D eigenvalue weighted by Gasteiger charge is -2.19. The molecule has 7 heteroatoms. The molecule has 0 aromatic carbocycles. The maximum absolute atomic E-state index is 12.3. The second-order valence-corrected chi connectivity index (χ2v) is 8.64. The fraction of sp³-hybridized carbons (Fsp3) is 1.00. The third-order valence-corrected chi connectivity index (χ3v) is 6.32. The Balaban J connectivity index is 1.85. The fourth-order valence-electron chi connectivity index (χ4n) is 3.32. The Kier molecular flexibility index (Phi) is 6.66. The molecule has 0 aliphatic carbocycles. The molecule has 3 unspecified atom stereocenters. The first-order chi connectivity index (χ1) is 10.7. The van der Waals surface area contributed by atoms with Gasteiger partial charge in [-0.2, -0.15) is 0 Å². The predicted octanol–water partition coefficient (Wildman–Crippen LogP) is 2.47. The zero-order chi connectivity index (χ0) is 17.3. The van der Waals surface area contributed by atoms with E-state index < -0.39 is 14.1 Å². The molecular weight excluding hydrogens is 314 g/mol. The molecule has 2 saturated heterocycles. The predicted molar refractivity (Wildman–Crippen MR) is 89.9 cm³/mol. The third kappa shape index (κ3) is 4.35. The smallest absolute Gasteiger partial charge is 0.390 e. The Hall–Kier alpha value is 0.00494. The number of hydrogen-bond acceptors (Lipinski definition) is 5. The summed E-state index contributed by atoms with van der Waals surface area (Å²) in [6.07, 6.45) is -0.207. The molecule has 130 valence electrons. The van der Waals surface area contributed by atoms with E-state index >= 15 is 0 Å². The van der Waals surface area contributed by atoms with Crippen LogP contribution in [0.15, 0.2) is 0 Å². The minimum atomic E-state index is -1.83. The minimum Gasteiger partial charge on any atom is -0.390 e. The van der Waals surface area contributed by atoms with Gasteiger partial charge in [0.05, 0.1) is 24.4 Å². The highest BCUT2D eigenvalue weighted by Gasteiger charge is 2.46. The van der Waals surface area contributed by atoms with Crippen LogP contribution in [0.2, 0.25) is 0 Å². The lowest BCUT2D eigenvalue weighted by molar-refractivity contribution is 0.0100. The Morgan fingerprint density at radius 1 is 1.22 bits per heavy atom. The maximum atomic E-state index is 12.3. The van der Waals surface area contributed by atoms with Crippen molar-refractivity contribution in [3.8, 4) is 0 Å². The Labute approximate surface area is 141 Å². The van der Waals surface area contributed by atoms with Gasteiger partial charge in [-0.3, -0.25) is 0 Å². The van der Waals surface area contributed by atoms with Gasteiger partial charge in [-0.1, -0.05) is 27.7 Å². The van der Waals surface area contributed by atoms with Gasteiger partial charge < -0.3 is 14.6 Å². The number of rotatable bonds is 6. The molecule has 5 nitrogen and oxygen atoms in total. The van der Waals surface area contributed by atoms with E-state index in [-0.39, 0.29) is 48.2 Å². The Morgan fingerprint density at radius 2 is 1.87 bits per heavy atom. The van der Waals surface area contributed by atoms with Crippen molar-refractivity contribution >= 4 is 15.9 Å². The molecular formula is C16H29BO5P+. The molecule has 2 aliphatic heterocycles. The first-order valence-electron chi connectivity index (χ1n) is 8.58. The van der Waals surface area contributed by atoms with E-state index in [2.05, 4.69) is 0 Å². The van der Waals surface area contributed by atoms with Crippen molar-refractivity contribution in [2.24, 2.45) is 17.8 Å². The fourth-order valence-corrected chi connectivity index (χ4v) is 4.47. The quantitative estimate of drug-likeness (QED) is 0.593. The average molecular weight is 343 g/mol. The summed E-state index contributed by atoms with van der Waals surface area (Å²) in [5.74, 6) is 0.362. The van der Waals surface area contributed by atoms with Crippen molar-refractivity contribution in [3.05, 3.63) is 0 Å². The normalized spacial score (nSPS) is 44.9. The summed E-state index contributed by atoms with van der Waals surface area (Å²) in [7, 11) is 4.12. The molecule has 9 atom stereocenters. The van der Waals surface area contributed by atoms with Crippen LogP contribution in [-0.4, -0.2) is 55.6 Å². The van der Waals surface area contributed by atoms with E-state index in [9.17, 15) is 9.67 Å². The second kappa shape index (κ2) is 7.92. The van der Waals surface area contributed by atoms with Gasteiger partial charge in [0.2, 0.25) is 0 Å². The van der Waals surface area contributed by atoms with Crippen molar-refractivity contribution in [2.75, 3.05) is 6.16 Å². The summed E-state index contributed by atoms with van der Waals surface area (Å²) in [5, 5.41) is 10.1. The van der Waals surface area contributed by atoms with Gasteiger partial charge in [0.15, 0.2) is 6.16 Å². The number of aliphatic hydroxyl groups is 1. The highest BCUT2D eigenvalue weighted by Crippen LogP contribution is 2.39. The highest BCUT2D eigenvalue weighted by molar-refractivity contribution is 7.39. The maximum Gasteiger partial charge on any atom is 0.508 e. The monoisotopic (exact) mass is 343 g/mol. The summed E-state index contributed by atoms with van der Waals surface area (Å²) < 4.78 is 29.6. The minimum absolute atomic E-state index is 0.00900. The van der Waals surface area contributed by atoms with E-state index in [0.29, 0.717) is 12.6 Å². The zero-order valence-electron chi connectivity index (χ0n) is 14.7. The van der Waals surface area contributed by atoms with Crippen LogP contribution in [0.4, 0.5) is 0 Å². The SMILES string of the molecule is [B][C@@H]1O[C@H](C(C)C)[C@H](O[P+](=O)CC[C@H]2O[C@@H](C)C(C)[C@H]2O)C1C. The Bertz CT molecular complexity index is 421. The number of hydrogen-bond donors (Lipinski definition) is 1. The van der Waals surface area contributed by atoms with Crippen molar-refractivity contribution in [1.82, 2.24) is 0 Å². The van der Waals surface area contributed by atoms with Gasteiger partial charge in [-0.25, -0.2) is 0 Å². The van der Waals surface area contributed by atoms with Crippen LogP contribution in [0.5, 0.6) is 0 Å². The van der Waals surface area contributed by atoms with Crippen molar-refractivity contribution < 1.29 is 23.7 Å². The molecule has 0 amide bonds. The molecule has 1 N–H and O–H groups in total. The van der Waals surface area contributed by atoms with Crippen LogP contribution in [0.3, 0.4) is 0 Å². The molecule has 0 saturated carbocycles. The van der Waals surface area contributed by atoms with Gasteiger partial charge in [-0.15, -0.1) is 4.52 Å². The van der Waals surface area contributed by atoms with Gasteiger partial charge in [0.1, 0.15) is 14.0 Å². The van der Waals surface area contributed by atoms with Gasteiger partial charge in [0.25, 0.3) is 0 Å². The molecule has 2 fully saturated rings. The topological polar surface area (TPSA) is 65.0 Å². The molecule has 2 radical (unpaired) electrons. The lowest BCUT2D eigenvalue weighted by atomic mass is 9.85. The van der Waals surface area contributed by atoms with Gasteiger partial charge in [0, 0.05) is 24.3 Å². The number of aliphatic hydroxyl groups excluding tert-OH is 1.